The SMILES string of the molecule is CC1(C)C(=O)CC[C@]2(C)[C@H]3CC[C@@H]4[C@H]5[C@H]([C@@]6(C)CO6)C[C@H](O)[C@]5(C)CC[C@@]4(C)[C@]3(C)CC[C@@H]12. The van der Waals surface area contributed by atoms with Gasteiger partial charge in [0.2, 0.25) is 0 Å². The molecule has 0 radical (unpaired) electrons. The Morgan fingerprint density at radius 1 is 0.788 bits per heavy atom. The van der Waals surface area contributed by atoms with Gasteiger partial charge in [-0.05, 0) is 110 Å². The fourth-order valence-corrected chi connectivity index (χ4v) is 11.7. The Labute approximate surface area is 201 Å². The molecule has 1 heterocycles. The third kappa shape index (κ3) is 2.58. The maximum Gasteiger partial charge on any atom is 0.138 e. The molecule has 0 spiro atoms. The van der Waals surface area contributed by atoms with Crippen molar-refractivity contribution in [3.63, 3.8) is 0 Å². The van der Waals surface area contributed by atoms with Crippen molar-refractivity contribution in [2.24, 2.45) is 56.7 Å². The summed E-state index contributed by atoms with van der Waals surface area (Å²) in [6.45, 7) is 18.0. The van der Waals surface area contributed by atoms with Gasteiger partial charge in [0.05, 0.1) is 18.3 Å². The molecule has 0 amide bonds. The highest BCUT2D eigenvalue weighted by molar-refractivity contribution is 5.85. The average Bonchev–Trinajstić information content (AvgIpc) is 3.42. The Morgan fingerprint density at radius 3 is 2.15 bits per heavy atom. The highest BCUT2D eigenvalue weighted by atomic mass is 16.6. The van der Waals surface area contributed by atoms with Gasteiger partial charge in [0, 0.05) is 11.8 Å². The van der Waals surface area contributed by atoms with Crippen LogP contribution in [0.1, 0.15) is 106 Å². The molecule has 11 atom stereocenters. The number of aliphatic hydroxyl groups is 1. The monoisotopic (exact) mass is 456 g/mol. The van der Waals surface area contributed by atoms with Crippen molar-refractivity contribution < 1.29 is 14.6 Å². The number of carbonyl (C=O) groups is 1. The van der Waals surface area contributed by atoms with Crippen molar-refractivity contribution in [3.8, 4) is 0 Å². The van der Waals surface area contributed by atoms with E-state index in [2.05, 4.69) is 48.5 Å². The van der Waals surface area contributed by atoms with E-state index < -0.39 is 0 Å². The summed E-state index contributed by atoms with van der Waals surface area (Å²) in [5.74, 6) is 3.49. The van der Waals surface area contributed by atoms with Gasteiger partial charge in [0.15, 0.2) is 0 Å². The zero-order valence-corrected chi connectivity index (χ0v) is 22.3. The number of ether oxygens (including phenoxy) is 1. The zero-order valence-electron chi connectivity index (χ0n) is 22.3. The Morgan fingerprint density at radius 2 is 1.48 bits per heavy atom. The minimum Gasteiger partial charge on any atom is -0.393 e. The van der Waals surface area contributed by atoms with E-state index >= 15 is 0 Å². The number of hydrogen-bond acceptors (Lipinski definition) is 3. The molecule has 6 rings (SSSR count). The maximum atomic E-state index is 12.9. The van der Waals surface area contributed by atoms with Crippen molar-refractivity contribution in [2.45, 2.75) is 118 Å². The summed E-state index contributed by atoms with van der Waals surface area (Å²) < 4.78 is 6.04. The molecule has 1 saturated heterocycles. The number of Topliss-reactive ketones (excluding diaryl/α,β-unsaturated/α-hetero) is 1. The van der Waals surface area contributed by atoms with Crippen LogP contribution in [0.15, 0.2) is 0 Å². The number of fused-ring (bicyclic) bond motifs is 7. The molecule has 5 saturated carbocycles. The van der Waals surface area contributed by atoms with Crippen LogP contribution < -0.4 is 0 Å². The summed E-state index contributed by atoms with van der Waals surface area (Å²) in [6.07, 6.45) is 10.1. The molecule has 3 nitrogen and oxygen atoms in total. The molecule has 0 unspecified atom stereocenters. The van der Waals surface area contributed by atoms with E-state index in [9.17, 15) is 9.90 Å². The maximum absolute atomic E-state index is 12.9. The number of rotatable bonds is 1. The van der Waals surface area contributed by atoms with Gasteiger partial charge < -0.3 is 9.84 Å². The molecule has 186 valence electrons. The third-order valence-electron chi connectivity index (χ3n) is 14.1. The molecule has 5 aliphatic carbocycles. The lowest BCUT2D eigenvalue weighted by molar-refractivity contribution is -0.238. The lowest BCUT2D eigenvalue weighted by Crippen LogP contribution is -2.66. The van der Waals surface area contributed by atoms with Crippen molar-refractivity contribution in [2.75, 3.05) is 6.61 Å². The first-order valence-electron chi connectivity index (χ1n) is 14.1. The fraction of sp³-hybridized carbons (Fsp3) is 0.967. The number of ketones is 1. The van der Waals surface area contributed by atoms with E-state index in [1.165, 1.54) is 32.1 Å². The van der Waals surface area contributed by atoms with Crippen molar-refractivity contribution in [3.05, 3.63) is 0 Å². The van der Waals surface area contributed by atoms with E-state index in [-0.39, 0.29) is 27.9 Å². The summed E-state index contributed by atoms with van der Waals surface area (Å²) >= 11 is 0. The Balaban J connectivity index is 1.40. The van der Waals surface area contributed by atoms with Crippen LogP contribution in [0.2, 0.25) is 0 Å². The minimum atomic E-state index is -0.179. The second-order valence-electron chi connectivity index (χ2n) is 15.3. The highest BCUT2D eigenvalue weighted by Gasteiger charge is 2.73. The third-order valence-corrected chi connectivity index (χ3v) is 14.1. The van der Waals surface area contributed by atoms with Gasteiger partial charge in [-0.1, -0.05) is 41.5 Å². The summed E-state index contributed by atoms with van der Waals surface area (Å²) in [7, 11) is 0. The molecule has 0 bridgehead atoms. The standard InChI is InChI=1S/C30H48O3/c1-25(2)20-10-13-29(6)21(26(20,3)12-11-22(25)31)9-8-18-24-19(30(7)17-33-30)16-23(32)27(24,4)14-15-28(18,29)5/h18-21,23-24,32H,8-17H2,1-7H3/t18-,19-,20+,21-,23+,24+,26+,27+,28-,29-,30-/m1/s1. The first kappa shape index (κ1) is 23.0. The van der Waals surface area contributed by atoms with E-state index in [0.717, 1.165) is 32.3 Å². The van der Waals surface area contributed by atoms with E-state index in [1.54, 1.807) is 0 Å². The Hall–Kier alpha value is -0.410. The average molecular weight is 457 g/mol. The van der Waals surface area contributed by atoms with Crippen molar-refractivity contribution >= 4 is 5.78 Å². The lowest BCUT2D eigenvalue weighted by Gasteiger charge is -2.72. The predicted molar refractivity (Wildman–Crippen MR) is 131 cm³/mol. The van der Waals surface area contributed by atoms with E-state index in [0.29, 0.717) is 46.2 Å². The van der Waals surface area contributed by atoms with Gasteiger partial charge in [0.1, 0.15) is 5.78 Å². The second kappa shape index (κ2) is 6.47. The van der Waals surface area contributed by atoms with Gasteiger partial charge in [-0.15, -0.1) is 0 Å². The summed E-state index contributed by atoms with van der Waals surface area (Å²) in [5, 5.41) is 11.3. The van der Waals surface area contributed by atoms with Crippen LogP contribution >= 0.6 is 0 Å². The predicted octanol–water partition coefficient (Wildman–Crippen LogP) is 6.42. The Bertz CT molecular complexity index is 874. The molecule has 6 aliphatic rings. The molecule has 1 aliphatic heterocycles. The molecule has 0 aromatic rings. The summed E-state index contributed by atoms with van der Waals surface area (Å²) in [6, 6.07) is 0. The highest BCUT2D eigenvalue weighted by Crippen LogP contribution is 2.77. The van der Waals surface area contributed by atoms with Gasteiger partial charge in [-0.25, -0.2) is 0 Å². The quantitative estimate of drug-likeness (QED) is 0.463. The van der Waals surface area contributed by atoms with Gasteiger partial charge in [0.25, 0.3) is 0 Å². The first-order valence-corrected chi connectivity index (χ1v) is 14.1. The van der Waals surface area contributed by atoms with Gasteiger partial charge >= 0.3 is 0 Å². The van der Waals surface area contributed by atoms with Crippen molar-refractivity contribution in [1.29, 1.82) is 0 Å². The lowest BCUT2D eigenvalue weighted by atomic mass is 9.32. The molecule has 0 aromatic heterocycles. The normalized spacial score (nSPS) is 61.5. The summed E-state index contributed by atoms with van der Waals surface area (Å²) in [4.78, 5) is 12.9. The van der Waals surface area contributed by atoms with Crippen LogP contribution in [0.5, 0.6) is 0 Å². The number of aliphatic hydroxyl groups excluding tert-OH is 1. The second-order valence-corrected chi connectivity index (χ2v) is 15.3. The van der Waals surface area contributed by atoms with E-state index in [4.69, 9.17) is 4.74 Å². The molecule has 3 heteroatoms. The fourth-order valence-electron chi connectivity index (χ4n) is 11.7. The molecular weight excluding hydrogens is 408 g/mol. The largest absolute Gasteiger partial charge is 0.393 e. The van der Waals surface area contributed by atoms with Gasteiger partial charge in [-0.2, -0.15) is 0 Å². The number of hydrogen-bond donors (Lipinski definition) is 1. The number of epoxide rings is 1. The molecule has 33 heavy (non-hydrogen) atoms. The molecule has 1 N–H and O–H groups in total. The topological polar surface area (TPSA) is 49.8 Å². The van der Waals surface area contributed by atoms with Gasteiger partial charge in [-0.3, -0.25) is 4.79 Å². The smallest absolute Gasteiger partial charge is 0.138 e. The first-order chi connectivity index (χ1) is 15.2. The Kier molecular flexibility index (Phi) is 4.51. The zero-order chi connectivity index (χ0) is 23.8. The van der Waals surface area contributed by atoms with E-state index in [1.807, 2.05) is 0 Å². The molecule has 6 fully saturated rings. The minimum absolute atomic E-state index is 0.00317. The molecular formula is C30H48O3. The van der Waals surface area contributed by atoms with Crippen LogP contribution in [0.25, 0.3) is 0 Å². The van der Waals surface area contributed by atoms with Crippen LogP contribution in [-0.4, -0.2) is 29.2 Å². The van der Waals surface area contributed by atoms with Crippen LogP contribution in [0.4, 0.5) is 0 Å². The summed E-state index contributed by atoms with van der Waals surface area (Å²) in [5.41, 5.74) is 0.787. The van der Waals surface area contributed by atoms with Crippen LogP contribution in [-0.2, 0) is 9.53 Å². The van der Waals surface area contributed by atoms with Crippen LogP contribution in [0.3, 0.4) is 0 Å². The molecule has 0 aromatic carbocycles. The number of carbonyl (C=O) groups excluding carboxylic acids is 1. The van der Waals surface area contributed by atoms with Crippen molar-refractivity contribution in [1.82, 2.24) is 0 Å². The van der Waals surface area contributed by atoms with Crippen LogP contribution in [0, 0.1) is 56.7 Å².